The second kappa shape index (κ2) is 6.88. The number of anilines is 1. The van der Waals surface area contributed by atoms with Crippen LogP contribution in [-0.4, -0.2) is 48.1 Å². The smallest absolute Gasteiger partial charge is 0.321 e. The molecule has 1 aromatic carbocycles. The zero-order chi connectivity index (χ0) is 15.5. The Morgan fingerprint density at radius 1 is 1.18 bits per heavy atom. The standard InChI is InChI=1S/C17H24ClN3O/c1-13-6-7-14(18)12-16(13)19-17(22)21-10-8-20(9-11-21)15-4-2-3-5-15/h6-7,12,15H,2-5,8-11H2,1H3,(H,19,22). The van der Waals surface area contributed by atoms with Crippen LogP contribution in [0.5, 0.6) is 0 Å². The van der Waals surface area contributed by atoms with E-state index in [0.717, 1.165) is 43.5 Å². The number of carbonyl (C=O) groups excluding carboxylic acids is 1. The molecule has 22 heavy (non-hydrogen) atoms. The summed E-state index contributed by atoms with van der Waals surface area (Å²) in [5.41, 5.74) is 1.83. The van der Waals surface area contributed by atoms with Gasteiger partial charge < -0.3 is 10.2 Å². The van der Waals surface area contributed by atoms with Crippen molar-refractivity contribution in [3.05, 3.63) is 28.8 Å². The maximum atomic E-state index is 12.4. The molecule has 1 saturated heterocycles. The minimum atomic E-state index is -0.0172. The summed E-state index contributed by atoms with van der Waals surface area (Å²) in [6.07, 6.45) is 5.38. The fraction of sp³-hybridized carbons (Fsp3) is 0.588. The van der Waals surface area contributed by atoms with Gasteiger partial charge in [0.05, 0.1) is 0 Å². The third kappa shape index (κ3) is 3.55. The van der Waals surface area contributed by atoms with Crippen molar-refractivity contribution in [2.75, 3.05) is 31.5 Å². The van der Waals surface area contributed by atoms with Crippen molar-refractivity contribution >= 4 is 23.3 Å². The molecule has 0 aromatic heterocycles. The molecule has 5 heteroatoms. The van der Waals surface area contributed by atoms with Crippen LogP contribution in [0.3, 0.4) is 0 Å². The van der Waals surface area contributed by atoms with Crippen LogP contribution in [-0.2, 0) is 0 Å². The number of rotatable bonds is 2. The second-order valence-electron chi connectivity index (χ2n) is 6.35. The highest BCUT2D eigenvalue weighted by Gasteiger charge is 2.27. The lowest BCUT2D eigenvalue weighted by Gasteiger charge is -2.38. The number of carbonyl (C=O) groups is 1. The van der Waals surface area contributed by atoms with Gasteiger partial charge in [-0.1, -0.05) is 30.5 Å². The highest BCUT2D eigenvalue weighted by molar-refractivity contribution is 6.31. The van der Waals surface area contributed by atoms with Crippen LogP contribution < -0.4 is 5.32 Å². The van der Waals surface area contributed by atoms with E-state index >= 15 is 0 Å². The number of halogens is 1. The van der Waals surface area contributed by atoms with Crippen LogP contribution in [0.4, 0.5) is 10.5 Å². The Balaban J connectivity index is 1.54. The molecule has 1 N–H and O–H groups in total. The first-order valence-electron chi connectivity index (χ1n) is 8.19. The summed E-state index contributed by atoms with van der Waals surface area (Å²) >= 11 is 6.01. The SMILES string of the molecule is Cc1ccc(Cl)cc1NC(=O)N1CCN(C2CCCC2)CC1. The van der Waals surface area contributed by atoms with E-state index in [2.05, 4.69) is 10.2 Å². The predicted octanol–water partition coefficient (Wildman–Crippen LogP) is 3.74. The van der Waals surface area contributed by atoms with E-state index in [9.17, 15) is 4.79 Å². The lowest BCUT2D eigenvalue weighted by atomic mass is 10.2. The summed E-state index contributed by atoms with van der Waals surface area (Å²) in [7, 11) is 0. The number of urea groups is 1. The maximum Gasteiger partial charge on any atom is 0.321 e. The Hall–Kier alpha value is -1.26. The summed E-state index contributed by atoms with van der Waals surface area (Å²) in [5.74, 6) is 0. The molecule has 0 spiro atoms. The summed E-state index contributed by atoms with van der Waals surface area (Å²) in [6, 6.07) is 6.31. The molecule has 0 bridgehead atoms. The number of amides is 2. The largest absolute Gasteiger partial charge is 0.322 e. The maximum absolute atomic E-state index is 12.4. The summed E-state index contributed by atoms with van der Waals surface area (Å²) < 4.78 is 0. The molecule has 1 aliphatic carbocycles. The number of aryl methyl sites for hydroxylation is 1. The number of hydrogen-bond acceptors (Lipinski definition) is 2. The van der Waals surface area contributed by atoms with E-state index < -0.39 is 0 Å². The molecule has 4 nitrogen and oxygen atoms in total. The average molecular weight is 322 g/mol. The first kappa shape index (κ1) is 15.6. The van der Waals surface area contributed by atoms with Crippen LogP contribution in [0.1, 0.15) is 31.2 Å². The van der Waals surface area contributed by atoms with Gasteiger partial charge in [0.2, 0.25) is 0 Å². The van der Waals surface area contributed by atoms with Crippen molar-refractivity contribution in [1.82, 2.24) is 9.80 Å². The summed E-state index contributed by atoms with van der Waals surface area (Å²) in [4.78, 5) is 16.9. The minimum Gasteiger partial charge on any atom is -0.322 e. The van der Waals surface area contributed by atoms with Gasteiger partial charge in [-0.05, 0) is 37.5 Å². The lowest BCUT2D eigenvalue weighted by Crippen LogP contribution is -2.52. The molecule has 0 unspecified atom stereocenters. The predicted molar refractivity (Wildman–Crippen MR) is 90.6 cm³/mol. The molecule has 0 atom stereocenters. The van der Waals surface area contributed by atoms with E-state index in [-0.39, 0.29) is 6.03 Å². The highest BCUT2D eigenvalue weighted by Crippen LogP contribution is 2.25. The van der Waals surface area contributed by atoms with Gasteiger partial charge in [0.15, 0.2) is 0 Å². The van der Waals surface area contributed by atoms with Crippen LogP contribution in [0.2, 0.25) is 5.02 Å². The number of nitrogens with zero attached hydrogens (tertiary/aromatic N) is 2. The molecule has 1 aliphatic heterocycles. The second-order valence-corrected chi connectivity index (χ2v) is 6.79. The van der Waals surface area contributed by atoms with Gasteiger partial charge in [0.25, 0.3) is 0 Å². The van der Waals surface area contributed by atoms with Crippen molar-refractivity contribution in [3.8, 4) is 0 Å². The van der Waals surface area contributed by atoms with E-state index in [4.69, 9.17) is 11.6 Å². The van der Waals surface area contributed by atoms with Gasteiger partial charge in [0.1, 0.15) is 0 Å². The van der Waals surface area contributed by atoms with E-state index in [1.165, 1.54) is 25.7 Å². The molecule has 2 amide bonds. The molecule has 1 aromatic rings. The molecule has 2 aliphatic rings. The zero-order valence-electron chi connectivity index (χ0n) is 13.1. The van der Waals surface area contributed by atoms with Crippen molar-refractivity contribution in [1.29, 1.82) is 0 Å². The minimum absolute atomic E-state index is 0.0172. The van der Waals surface area contributed by atoms with Gasteiger partial charge in [-0.15, -0.1) is 0 Å². The van der Waals surface area contributed by atoms with Gasteiger partial charge in [-0.3, -0.25) is 4.90 Å². The number of piperazine rings is 1. The lowest BCUT2D eigenvalue weighted by molar-refractivity contribution is 0.115. The molecular formula is C17H24ClN3O. The van der Waals surface area contributed by atoms with Crippen molar-refractivity contribution in [3.63, 3.8) is 0 Å². The van der Waals surface area contributed by atoms with Gasteiger partial charge in [0, 0.05) is 42.9 Å². The number of benzene rings is 1. The Morgan fingerprint density at radius 2 is 1.86 bits per heavy atom. The number of nitrogens with one attached hydrogen (secondary N) is 1. The Morgan fingerprint density at radius 3 is 2.55 bits per heavy atom. The third-order valence-electron chi connectivity index (χ3n) is 4.88. The van der Waals surface area contributed by atoms with Crippen LogP contribution in [0, 0.1) is 6.92 Å². The monoisotopic (exact) mass is 321 g/mol. The van der Waals surface area contributed by atoms with Gasteiger partial charge in [-0.2, -0.15) is 0 Å². The first-order valence-corrected chi connectivity index (χ1v) is 8.57. The van der Waals surface area contributed by atoms with Crippen LogP contribution in [0.25, 0.3) is 0 Å². The molecule has 1 saturated carbocycles. The Labute approximate surface area is 137 Å². The summed E-state index contributed by atoms with van der Waals surface area (Å²) in [6.45, 7) is 5.58. The normalized spacial score (nSPS) is 20.4. The van der Waals surface area contributed by atoms with E-state index in [1.807, 2.05) is 30.0 Å². The third-order valence-corrected chi connectivity index (χ3v) is 5.12. The van der Waals surface area contributed by atoms with Crippen molar-refractivity contribution in [2.45, 2.75) is 38.6 Å². The molecule has 2 fully saturated rings. The summed E-state index contributed by atoms with van der Waals surface area (Å²) in [5, 5.41) is 3.63. The van der Waals surface area contributed by atoms with E-state index in [0.29, 0.717) is 5.02 Å². The van der Waals surface area contributed by atoms with Crippen molar-refractivity contribution < 1.29 is 4.79 Å². The van der Waals surface area contributed by atoms with Gasteiger partial charge >= 0.3 is 6.03 Å². The quantitative estimate of drug-likeness (QED) is 0.900. The topological polar surface area (TPSA) is 35.6 Å². The molecule has 1 heterocycles. The number of hydrogen-bond donors (Lipinski definition) is 1. The average Bonchev–Trinajstić information content (AvgIpc) is 3.05. The van der Waals surface area contributed by atoms with Crippen molar-refractivity contribution in [2.24, 2.45) is 0 Å². The highest BCUT2D eigenvalue weighted by atomic mass is 35.5. The molecule has 120 valence electrons. The van der Waals surface area contributed by atoms with Crippen LogP contribution >= 0.6 is 11.6 Å². The molecule has 3 rings (SSSR count). The van der Waals surface area contributed by atoms with E-state index in [1.54, 1.807) is 0 Å². The van der Waals surface area contributed by atoms with Gasteiger partial charge in [-0.25, -0.2) is 4.79 Å². The van der Waals surface area contributed by atoms with Crippen LogP contribution in [0.15, 0.2) is 18.2 Å². The molecular weight excluding hydrogens is 298 g/mol. The zero-order valence-corrected chi connectivity index (χ0v) is 13.9. The Bertz CT molecular complexity index is 535. The fourth-order valence-corrected chi connectivity index (χ4v) is 3.65. The Kier molecular flexibility index (Phi) is 4.89. The first-order chi connectivity index (χ1) is 10.6. The fourth-order valence-electron chi connectivity index (χ4n) is 3.48. The molecule has 0 radical (unpaired) electrons.